The molecule has 2 aromatic carbocycles. The van der Waals surface area contributed by atoms with Gasteiger partial charge in [0.05, 0.1) is 5.57 Å². The Labute approximate surface area is 121 Å². The van der Waals surface area contributed by atoms with Gasteiger partial charge >= 0.3 is 5.97 Å². The molecule has 0 amide bonds. The van der Waals surface area contributed by atoms with Gasteiger partial charge in [0.15, 0.2) is 6.04 Å². The quantitative estimate of drug-likeness (QED) is 0.557. The molecule has 0 aliphatic heterocycles. The van der Waals surface area contributed by atoms with Crippen LogP contribution in [-0.2, 0) is 9.59 Å². The maximum atomic E-state index is 11.4. The number of hydrogen-bond acceptors (Lipinski definition) is 4. The van der Waals surface area contributed by atoms with Gasteiger partial charge in [-0.2, -0.15) is 0 Å². The molecule has 5 heteroatoms. The second-order valence-electron chi connectivity index (χ2n) is 4.29. The average Bonchev–Trinajstić information content (AvgIpc) is 2.53. The third-order valence-electron chi connectivity index (χ3n) is 2.87. The topological polar surface area (TPSA) is 78.4 Å². The third-order valence-corrected chi connectivity index (χ3v) is 2.87. The third kappa shape index (κ3) is 3.79. The summed E-state index contributed by atoms with van der Waals surface area (Å²) in [7, 11) is 0. The maximum Gasteiger partial charge on any atom is 0.327 e. The first kappa shape index (κ1) is 14.5. The van der Waals surface area contributed by atoms with Crippen molar-refractivity contribution < 1.29 is 14.7 Å². The molecule has 0 aromatic heterocycles. The highest BCUT2D eigenvalue weighted by Crippen LogP contribution is 2.16. The summed E-state index contributed by atoms with van der Waals surface area (Å²) in [4.78, 5) is 22.6. The summed E-state index contributed by atoms with van der Waals surface area (Å²) in [5, 5.41) is 9.31. The van der Waals surface area contributed by atoms with Gasteiger partial charge in [0, 0.05) is 5.69 Å². The average molecular weight is 282 g/mol. The maximum absolute atomic E-state index is 11.4. The molecule has 0 heterocycles. The second kappa shape index (κ2) is 7.05. The minimum Gasteiger partial charge on any atom is -0.480 e. The predicted molar refractivity (Wildman–Crippen MR) is 80.2 cm³/mol. The fourth-order valence-electron chi connectivity index (χ4n) is 1.84. The van der Waals surface area contributed by atoms with Crippen molar-refractivity contribution in [3.63, 3.8) is 0 Å². The molecule has 2 rings (SSSR count). The molecule has 0 saturated heterocycles. The molecular formula is C16H14N2O3. The van der Waals surface area contributed by atoms with Crippen LogP contribution < -0.4 is 10.9 Å². The van der Waals surface area contributed by atoms with E-state index in [1.165, 1.54) is 0 Å². The van der Waals surface area contributed by atoms with E-state index in [9.17, 15) is 14.7 Å². The summed E-state index contributed by atoms with van der Waals surface area (Å²) < 4.78 is 0. The lowest BCUT2D eigenvalue weighted by Gasteiger charge is -2.17. The highest BCUT2D eigenvalue weighted by molar-refractivity contribution is 6.01. The largest absolute Gasteiger partial charge is 0.480 e. The van der Waals surface area contributed by atoms with E-state index in [4.69, 9.17) is 0 Å². The molecule has 0 saturated carbocycles. The number of nitrogens with one attached hydrogen (secondary N) is 2. The van der Waals surface area contributed by atoms with E-state index in [1.54, 1.807) is 48.4 Å². The summed E-state index contributed by atoms with van der Waals surface area (Å²) >= 11 is 0. The van der Waals surface area contributed by atoms with Crippen molar-refractivity contribution in [2.45, 2.75) is 6.04 Å². The van der Waals surface area contributed by atoms with Crippen LogP contribution in [0.15, 0.2) is 60.7 Å². The van der Waals surface area contributed by atoms with Gasteiger partial charge in [-0.15, -0.1) is 0 Å². The summed E-state index contributed by atoms with van der Waals surface area (Å²) in [5.74, 6) is 0.553. The summed E-state index contributed by atoms with van der Waals surface area (Å²) in [6.07, 6.45) is 0. The highest BCUT2D eigenvalue weighted by atomic mass is 16.4. The van der Waals surface area contributed by atoms with Gasteiger partial charge in [-0.1, -0.05) is 48.5 Å². The number of carbonyl (C=O) groups is 1. The van der Waals surface area contributed by atoms with Gasteiger partial charge in [-0.3, -0.25) is 4.79 Å². The number of aliphatic carboxylic acids is 1. The number of carbonyl (C=O) groups excluding carboxylic acids is 1. The van der Waals surface area contributed by atoms with Crippen molar-refractivity contribution in [1.29, 1.82) is 0 Å². The Balaban J connectivity index is 2.19. The lowest BCUT2D eigenvalue weighted by molar-refractivity contribution is -0.137. The van der Waals surface area contributed by atoms with Crippen LogP contribution in [0.1, 0.15) is 5.56 Å². The Bertz CT molecular complexity index is 650. The van der Waals surface area contributed by atoms with Gasteiger partial charge < -0.3 is 10.5 Å². The monoisotopic (exact) mass is 282 g/mol. The Kier molecular flexibility index (Phi) is 4.88. The normalized spacial score (nSPS) is 11.2. The van der Waals surface area contributed by atoms with Crippen LogP contribution in [0.3, 0.4) is 0 Å². The number of rotatable bonds is 6. The molecule has 3 N–H and O–H groups in total. The van der Waals surface area contributed by atoms with E-state index in [0.29, 0.717) is 11.3 Å². The van der Waals surface area contributed by atoms with Crippen LogP contribution in [0.2, 0.25) is 0 Å². The first-order valence-corrected chi connectivity index (χ1v) is 6.32. The zero-order chi connectivity index (χ0) is 15.1. The van der Waals surface area contributed by atoms with Crippen LogP contribution in [0.4, 0.5) is 5.69 Å². The van der Waals surface area contributed by atoms with E-state index in [2.05, 4.69) is 10.9 Å². The van der Waals surface area contributed by atoms with Crippen LogP contribution in [0, 0.1) is 0 Å². The molecule has 0 bridgehead atoms. The Hall–Kier alpha value is -2.88. The minimum atomic E-state index is -1.20. The Morgan fingerprint density at radius 1 is 1.00 bits per heavy atom. The number of para-hydroxylation sites is 1. The number of carboxylic acids is 1. The number of benzene rings is 2. The number of carboxylic acid groups (broad SMARTS) is 1. The van der Waals surface area contributed by atoms with Crippen molar-refractivity contribution in [3.8, 4) is 0 Å². The van der Waals surface area contributed by atoms with Crippen molar-refractivity contribution >= 4 is 23.2 Å². The van der Waals surface area contributed by atoms with Crippen LogP contribution in [0.25, 0.3) is 5.57 Å². The fraction of sp³-hybridized carbons (Fsp3) is 0.0625. The van der Waals surface area contributed by atoms with Gasteiger partial charge in [0.2, 0.25) is 0 Å². The number of hydrogen-bond donors (Lipinski definition) is 3. The molecule has 0 radical (unpaired) electrons. The Morgan fingerprint density at radius 2 is 1.57 bits per heavy atom. The van der Waals surface area contributed by atoms with Crippen molar-refractivity contribution in [2.75, 3.05) is 5.43 Å². The highest BCUT2D eigenvalue weighted by Gasteiger charge is 2.24. The number of anilines is 1. The van der Waals surface area contributed by atoms with Crippen molar-refractivity contribution in [1.82, 2.24) is 5.43 Å². The first-order chi connectivity index (χ1) is 10.2. The van der Waals surface area contributed by atoms with E-state index in [-0.39, 0.29) is 5.57 Å². The predicted octanol–water partition coefficient (Wildman–Crippen LogP) is 1.97. The first-order valence-electron chi connectivity index (χ1n) is 6.32. The van der Waals surface area contributed by atoms with Gasteiger partial charge in [0.25, 0.3) is 0 Å². The van der Waals surface area contributed by atoms with Crippen LogP contribution >= 0.6 is 0 Å². The molecule has 1 atom stereocenters. The van der Waals surface area contributed by atoms with E-state index in [0.717, 1.165) is 0 Å². The summed E-state index contributed by atoms with van der Waals surface area (Å²) in [6.45, 7) is 0. The SMILES string of the molecule is O=C=C(c1ccccc1)C(NNc1ccccc1)C(=O)O. The fourth-order valence-corrected chi connectivity index (χ4v) is 1.84. The second-order valence-corrected chi connectivity index (χ2v) is 4.29. The molecule has 5 nitrogen and oxygen atoms in total. The summed E-state index contributed by atoms with van der Waals surface area (Å²) in [5.41, 5.74) is 6.66. The van der Waals surface area contributed by atoms with Crippen LogP contribution in [-0.4, -0.2) is 23.1 Å². The molecule has 0 fully saturated rings. The molecular weight excluding hydrogens is 268 g/mol. The summed E-state index contributed by atoms with van der Waals surface area (Å²) in [6, 6.07) is 16.4. The van der Waals surface area contributed by atoms with Gasteiger partial charge in [-0.05, 0) is 17.7 Å². The smallest absolute Gasteiger partial charge is 0.327 e. The van der Waals surface area contributed by atoms with Crippen molar-refractivity contribution in [3.05, 3.63) is 66.2 Å². The van der Waals surface area contributed by atoms with Crippen molar-refractivity contribution in [2.24, 2.45) is 0 Å². The zero-order valence-corrected chi connectivity index (χ0v) is 11.1. The molecule has 0 aliphatic rings. The van der Waals surface area contributed by atoms with Gasteiger partial charge in [-0.25, -0.2) is 10.2 Å². The van der Waals surface area contributed by atoms with E-state index < -0.39 is 12.0 Å². The minimum absolute atomic E-state index is 0.0338. The molecule has 106 valence electrons. The van der Waals surface area contributed by atoms with E-state index >= 15 is 0 Å². The number of hydrazine groups is 1. The molecule has 21 heavy (non-hydrogen) atoms. The molecule has 2 aromatic rings. The van der Waals surface area contributed by atoms with Gasteiger partial charge in [0.1, 0.15) is 5.94 Å². The lowest BCUT2D eigenvalue weighted by Crippen LogP contribution is -2.41. The van der Waals surface area contributed by atoms with E-state index in [1.807, 2.05) is 18.2 Å². The molecule has 0 aliphatic carbocycles. The lowest BCUT2D eigenvalue weighted by atomic mass is 10.0. The molecule has 1 unspecified atom stereocenters. The zero-order valence-electron chi connectivity index (χ0n) is 11.1. The standard InChI is InChI=1S/C16H14N2O3/c19-11-14(12-7-3-1-4-8-12)15(16(20)21)18-17-13-9-5-2-6-10-13/h1-10,15,17-18H,(H,20,21). The van der Waals surface area contributed by atoms with Crippen LogP contribution in [0.5, 0.6) is 0 Å². The molecule has 0 spiro atoms. The Morgan fingerprint density at radius 3 is 2.10 bits per heavy atom.